The van der Waals surface area contributed by atoms with Crippen molar-refractivity contribution in [1.82, 2.24) is 9.59 Å². The van der Waals surface area contributed by atoms with Gasteiger partial charge in [-0.25, -0.2) is 0 Å². The standard InChI is InChI=1S/C13H12N2O2S/c1-2-10-13(18-15-14-10)12(16)9-3-4-11-8(7-9)5-6-17-11/h3-4,7H,2,5-6H2,1H3. The number of ketones is 1. The molecule has 2 heterocycles. The van der Waals surface area contributed by atoms with Crippen LogP contribution in [0.5, 0.6) is 5.75 Å². The van der Waals surface area contributed by atoms with Crippen molar-refractivity contribution in [2.45, 2.75) is 19.8 Å². The predicted octanol–water partition coefficient (Wildman–Crippen LogP) is 2.27. The van der Waals surface area contributed by atoms with Crippen LogP contribution >= 0.6 is 11.5 Å². The van der Waals surface area contributed by atoms with Gasteiger partial charge in [-0.05, 0) is 41.7 Å². The second-order valence-corrected chi connectivity index (χ2v) is 4.91. The van der Waals surface area contributed by atoms with Crippen LogP contribution in [0.3, 0.4) is 0 Å². The number of rotatable bonds is 3. The molecule has 1 aliphatic rings. The minimum atomic E-state index is 0.0107. The lowest BCUT2D eigenvalue weighted by molar-refractivity contribution is 0.104. The molecule has 0 unspecified atom stereocenters. The average Bonchev–Trinajstić information content (AvgIpc) is 3.05. The summed E-state index contributed by atoms with van der Waals surface area (Å²) in [5.41, 5.74) is 2.58. The van der Waals surface area contributed by atoms with Crippen LogP contribution in [0, 0.1) is 0 Å². The van der Waals surface area contributed by atoms with Crippen molar-refractivity contribution in [3.63, 3.8) is 0 Å². The van der Waals surface area contributed by atoms with Gasteiger partial charge in [-0.15, -0.1) is 5.10 Å². The smallest absolute Gasteiger partial charge is 0.206 e. The van der Waals surface area contributed by atoms with Gasteiger partial charge in [0, 0.05) is 12.0 Å². The molecule has 1 aromatic heterocycles. The molecule has 1 aromatic carbocycles. The molecule has 0 saturated heterocycles. The minimum Gasteiger partial charge on any atom is -0.493 e. The molecule has 0 fully saturated rings. The van der Waals surface area contributed by atoms with E-state index in [0.717, 1.165) is 29.8 Å². The fourth-order valence-electron chi connectivity index (χ4n) is 2.07. The second kappa shape index (κ2) is 4.49. The van der Waals surface area contributed by atoms with E-state index in [4.69, 9.17) is 4.74 Å². The number of aryl methyl sites for hydroxylation is 1. The van der Waals surface area contributed by atoms with Crippen molar-refractivity contribution in [3.05, 3.63) is 39.9 Å². The Morgan fingerprint density at radius 2 is 2.39 bits per heavy atom. The first-order chi connectivity index (χ1) is 8.79. The minimum absolute atomic E-state index is 0.0107. The number of benzene rings is 1. The van der Waals surface area contributed by atoms with E-state index >= 15 is 0 Å². The van der Waals surface area contributed by atoms with Crippen LogP contribution in [0.4, 0.5) is 0 Å². The Morgan fingerprint density at radius 3 is 3.22 bits per heavy atom. The van der Waals surface area contributed by atoms with Gasteiger partial charge in [0.15, 0.2) is 0 Å². The molecule has 0 N–H and O–H groups in total. The Bertz CT molecular complexity index is 607. The molecule has 18 heavy (non-hydrogen) atoms. The van der Waals surface area contributed by atoms with Crippen LogP contribution in [0.15, 0.2) is 18.2 Å². The number of carbonyl (C=O) groups excluding carboxylic acids is 1. The predicted molar refractivity (Wildman–Crippen MR) is 68.4 cm³/mol. The number of hydrogen-bond acceptors (Lipinski definition) is 5. The fraction of sp³-hybridized carbons (Fsp3) is 0.308. The molecule has 5 heteroatoms. The van der Waals surface area contributed by atoms with E-state index in [0.29, 0.717) is 17.0 Å². The summed E-state index contributed by atoms with van der Waals surface area (Å²) in [5.74, 6) is 0.904. The number of nitrogens with zero attached hydrogens (tertiary/aromatic N) is 2. The largest absolute Gasteiger partial charge is 0.493 e. The summed E-state index contributed by atoms with van der Waals surface area (Å²) in [6.07, 6.45) is 1.60. The van der Waals surface area contributed by atoms with Gasteiger partial charge in [0.1, 0.15) is 10.6 Å². The van der Waals surface area contributed by atoms with E-state index in [9.17, 15) is 4.79 Å². The molecule has 0 saturated carbocycles. The molecule has 0 spiro atoms. The molecule has 3 rings (SSSR count). The van der Waals surface area contributed by atoms with Gasteiger partial charge < -0.3 is 4.74 Å². The molecule has 0 aliphatic carbocycles. The first-order valence-corrected chi connectivity index (χ1v) is 6.68. The Kier molecular flexibility index (Phi) is 2.83. The summed E-state index contributed by atoms with van der Waals surface area (Å²) in [4.78, 5) is 13.0. The van der Waals surface area contributed by atoms with Crippen molar-refractivity contribution in [3.8, 4) is 5.75 Å². The zero-order valence-corrected chi connectivity index (χ0v) is 10.8. The lowest BCUT2D eigenvalue weighted by Gasteiger charge is -2.02. The summed E-state index contributed by atoms with van der Waals surface area (Å²) >= 11 is 1.17. The lowest BCUT2D eigenvalue weighted by Crippen LogP contribution is -2.02. The van der Waals surface area contributed by atoms with Crippen LogP contribution < -0.4 is 4.74 Å². The lowest BCUT2D eigenvalue weighted by atomic mass is 10.0. The molecule has 92 valence electrons. The van der Waals surface area contributed by atoms with Gasteiger partial charge in [0.2, 0.25) is 5.78 Å². The van der Waals surface area contributed by atoms with Crippen molar-refractivity contribution in [2.75, 3.05) is 6.61 Å². The van der Waals surface area contributed by atoms with Gasteiger partial charge in [0.05, 0.1) is 12.3 Å². The van der Waals surface area contributed by atoms with E-state index in [1.807, 2.05) is 25.1 Å². The van der Waals surface area contributed by atoms with Crippen LogP contribution in [-0.2, 0) is 12.8 Å². The highest BCUT2D eigenvalue weighted by Crippen LogP contribution is 2.27. The van der Waals surface area contributed by atoms with Gasteiger partial charge in [0.25, 0.3) is 0 Å². The molecule has 0 radical (unpaired) electrons. The monoisotopic (exact) mass is 260 g/mol. The van der Waals surface area contributed by atoms with Crippen LogP contribution in [0.1, 0.15) is 33.4 Å². The Morgan fingerprint density at radius 1 is 1.50 bits per heavy atom. The van der Waals surface area contributed by atoms with Gasteiger partial charge >= 0.3 is 0 Å². The molecular weight excluding hydrogens is 248 g/mol. The van der Waals surface area contributed by atoms with Gasteiger partial charge in [-0.3, -0.25) is 4.79 Å². The summed E-state index contributed by atoms with van der Waals surface area (Å²) in [6.45, 7) is 2.68. The van der Waals surface area contributed by atoms with Crippen molar-refractivity contribution in [1.29, 1.82) is 0 Å². The third-order valence-corrected chi connectivity index (χ3v) is 3.82. The maximum absolute atomic E-state index is 12.4. The van der Waals surface area contributed by atoms with E-state index in [1.54, 1.807) is 0 Å². The molecule has 0 amide bonds. The maximum atomic E-state index is 12.4. The Hall–Kier alpha value is -1.75. The normalized spacial score (nSPS) is 13.2. The third kappa shape index (κ3) is 1.80. The van der Waals surface area contributed by atoms with E-state index < -0.39 is 0 Å². The van der Waals surface area contributed by atoms with Crippen molar-refractivity contribution < 1.29 is 9.53 Å². The van der Waals surface area contributed by atoms with Gasteiger partial charge in [-0.2, -0.15) is 0 Å². The highest BCUT2D eigenvalue weighted by molar-refractivity contribution is 7.08. The highest BCUT2D eigenvalue weighted by atomic mass is 32.1. The summed E-state index contributed by atoms with van der Waals surface area (Å²) < 4.78 is 9.29. The molecular formula is C13H12N2O2S. The summed E-state index contributed by atoms with van der Waals surface area (Å²) in [7, 11) is 0. The number of ether oxygens (including phenoxy) is 1. The topological polar surface area (TPSA) is 52.1 Å². The molecule has 0 atom stereocenters. The van der Waals surface area contributed by atoms with E-state index in [-0.39, 0.29) is 5.78 Å². The van der Waals surface area contributed by atoms with Crippen molar-refractivity contribution >= 4 is 17.3 Å². The van der Waals surface area contributed by atoms with E-state index in [2.05, 4.69) is 9.59 Å². The number of hydrogen-bond donors (Lipinski definition) is 0. The van der Waals surface area contributed by atoms with Crippen LogP contribution in [0.25, 0.3) is 0 Å². The Labute approximate surface area is 109 Å². The fourth-order valence-corrected chi connectivity index (χ4v) is 2.78. The number of aromatic nitrogens is 2. The zero-order valence-electron chi connectivity index (χ0n) is 9.97. The SMILES string of the molecule is CCc1nnsc1C(=O)c1ccc2c(c1)CCO2. The molecule has 2 aromatic rings. The summed E-state index contributed by atoms with van der Waals surface area (Å²) in [5, 5.41) is 3.98. The van der Waals surface area contributed by atoms with Gasteiger partial charge in [-0.1, -0.05) is 11.4 Å². The first kappa shape index (κ1) is 11.3. The zero-order chi connectivity index (χ0) is 12.5. The Balaban J connectivity index is 1.98. The van der Waals surface area contributed by atoms with Crippen LogP contribution in [0.2, 0.25) is 0 Å². The quantitative estimate of drug-likeness (QED) is 0.794. The maximum Gasteiger partial charge on any atom is 0.206 e. The molecule has 1 aliphatic heterocycles. The molecule has 4 nitrogen and oxygen atoms in total. The second-order valence-electron chi connectivity index (χ2n) is 4.15. The highest BCUT2D eigenvalue weighted by Gasteiger charge is 2.19. The first-order valence-electron chi connectivity index (χ1n) is 5.91. The van der Waals surface area contributed by atoms with E-state index in [1.165, 1.54) is 11.5 Å². The van der Waals surface area contributed by atoms with Crippen LogP contribution in [-0.4, -0.2) is 22.0 Å². The number of fused-ring (bicyclic) bond motifs is 1. The summed E-state index contributed by atoms with van der Waals surface area (Å²) in [6, 6.07) is 5.60. The van der Waals surface area contributed by atoms with Crippen molar-refractivity contribution in [2.24, 2.45) is 0 Å². The molecule has 0 bridgehead atoms. The number of carbonyl (C=O) groups is 1. The third-order valence-electron chi connectivity index (χ3n) is 3.05. The average molecular weight is 260 g/mol.